The average Bonchev–Trinajstić information content (AvgIpc) is 2.85. The number of nitrogen functional groups attached to an aromatic ring is 1. The molecule has 0 fully saturated rings. The van der Waals surface area contributed by atoms with Crippen LogP contribution in [0.5, 0.6) is 0 Å². The molecular formula is C14H26N4OS2. The Balaban J connectivity index is 2.91. The highest BCUT2D eigenvalue weighted by Crippen LogP contribution is 2.29. The summed E-state index contributed by atoms with van der Waals surface area (Å²) >= 11 is 3.13. The fourth-order valence-corrected chi connectivity index (χ4v) is 3.89. The van der Waals surface area contributed by atoms with Crippen molar-refractivity contribution in [3.8, 4) is 0 Å². The van der Waals surface area contributed by atoms with Crippen molar-refractivity contribution in [2.45, 2.75) is 32.7 Å². The smallest absolute Gasteiger partial charge is 0.267 e. The SMILES string of the molecule is CCCN(C)c1nc(N)c(C(=O)N(C)C(CC)CSC)s1. The van der Waals surface area contributed by atoms with Crippen LogP contribution in [-0.4, -0.2) is 54.5 Å². The van der Waals surface area contributed by atoms with Gasteiger partial charge in [-0.2, -0.15) is 11.8 Å². The van der Waals surface area contributed by atoms with Gasteiger partial charge in [0.25, 0.3) is 5.91 Å². The van der Waals surface area contributed by atoms with Crippen molar-refractivity contribution in [3.63, 3.8) is 0 Å². The number of thioether (sulfide) groups is 1. The molecule has 1 rings (SSSR count). The molecule has 0 aliphatic heterocycles. The molecule has 2 N–H and O–H groups in total. The molecule has 1 atom stereocenters. The Bertz CT molecular complexity index is 464. The molecule has 0 spiro atoms. The standard InChI is InChI=1S/C14H26N4OS2/c1-6-8-17(3)14-16-12(15)11(21-14)13(19)18(4)10(7-2)9-20-5/h10H,6-9,15H2,1-5H3. The second kappa shape index (κ2) is 8.48. The van der Waals surface area contributed by atoms with Gasteiger partial charge < -0.3 is 15.5 Å². The lowest BCUT2D eigenvalue weighted by Gasteiger charge is -2.26. The lowest BCUT2D eigenvalue weighted by Crippen LogP contribution is -2.38. The van der Waals surface area contributed by atoms with E-state index < -0.39 is 0 Å². The maximum atomic E-state index is 12.6. The Morgan fingerprint density at radius 3 is 2.62 bits per heavy atom. The van der Waals surface area contributed by atoms with E-state index >= 15 is 0 Å². The van der Waals surface area contributed by atoms with Crippen molar-refractivity contribution in [3.05, 3.63) is 4.88 Å². The van der Waals surface area contributed by atoms with Crippen LogP contribution in [0.3, 0.4) is 0 Å². The van der Waals surface area contributed by atoms with Crippen LogP contribution in [0, 0.1) is 0 Å². The molecule has 21 heavy (non-hydrogen) atoms. The summed E-state index contributed by atoms with van der Waals surface area (Å²) in [5, 5.41) is 0.809. The minimum Gasteiger partial charge on any atom is -0.382 e. The number of amides is 1. The number of carbonyl (C=O) groups is 1. The van der Waals surface area contributed by atoms with E-state index in [2.05, 4.69) is 25.1 Å². The summed E-state index contributed by atoms with van der Waals surface area (Å²) in [6.45, 7) is 5.11. The number of rotatable bonds is 8. The highest BCUT2D eigenvalue weighted by Gasteiger charge is 2.24. The molecule has 120 valence electrons. The normalized spacial score (nSPS) is 12.2. The largest absolute Gasteiger partial charge is 0.382 e. The molecule has 0 aliphatic rings. The molecule has 0 saturated carbocycles. The first-order valence-corrected chi connectivity index (χ1v) is 9.40. The topological polar surface area (TPSA) is 62.5 Å². The molecule has 7 heteroatoms. The minimum atomic E-state index is -0.0259. The first-order chi connectivity index (χ1) is 9.96. The zero-order valence-corrected chi connectivity index (χ0v) is 15.2. The molecule has 0 saturated heterocycles. The Morgan fingerprint density at radius 2 is 2.10 bits per heavy atom. The van der Waals surface area contributed by atoms with Crippen LogP contribution >= 0.6 is 23.1 Å². The van der Waals surface area contributed by atoms with Gasteiger partial charge in [-0.1, -0.05) is 25.2 Å². The number of thiazole rings is 1. The number of anilines is 2. The third kappa shape index (κ3) is 4.51. The van der Waals surface area contributed by atoms with E-state index in [1.807, 2.05) is 19.0 Å². The summed E-state index contributed by atoms with van der Waals surface area (Å²) in [6.07, 6.45) is 4.02. The van der Waals surface area contributed by atoms with Gasteiger partial charge in [0.2, 0.25) is 0 Å². The van der Waals surface area contributed by atoms with Crippen molar-refractivity contribution in [2.24, 2.45) is 0 Å². The number of nitrogens with zero attached hydrogens (tertiary/aromatic N) is 3. The maximum absolute atomic E-state index is 12.6. The first kappa shape index (κ1) is 18.1. The molecule has 1 aromatic heterocycles. The van der Waals surface area contributed by atoms with Crippen molar-refractivity contribution in [2.75, 3.05) is 43.3 Å². The lowest BCUT2D eigenvalue weighted by atomic mass is 10.2. The van der Waals surface area contributed by atoms with E-state index in [0.29, 0.717) is 10.7 Å². The predicted molar refractivity (Wildman–Crippen MR) is 94.6 cm³/mol. The van der Waals surface area contributed by atoms with Crippen LogP contribution in [0.25, 0.3) is 0 Å². The van der Waals surface area contributed by atoms with E-state index in [4.69, 9.17) is 5.73 Å². The zero-order valence-electron chi connectivity index (χ0n) is 13.5. The molecule has 1 amide bonds. The van der Waals surface area contributed by atoms with Gasteiger partial charge in [0, 0.05) is 32.4 Å². The predicted octanol–water partition coefficient (Wildman–Crippen LogP) is 2.79. The van der Waals surface area contributed by atoms with Crippen molar-refractivity contribution >= 4 is 40.0 Å². The summed E-state index contributed by atoms with van der Waals surface area (Å²) in [7, 11) is 3.82. The zero-order chi connectivity index (χ0) is 16.0. The van der Waals surface area contributed by atoms with Crippen LogP contribution < -0.4 is 10.6 Å². The number of aromatic nitrogens is 1. The van der Waals surface area contributed by atoms with E-state index in [0.717, 1.165) is 30.3 Å². The van der Waals surface area contributed by atoms with E-state index in [1.165, 1.54) is 11.3 Å². The number of nitrogens with two attached hydrogens (primary N) is 1. The first-order valence-electron chi connectivity index (χ1n) is 7.19. The molecule has 0 radical (unpaired) electrons. The van der Waals surface area contributed by atoms with Gasteiger partial charge in [-0.3, -0.25) is 4.79 Å². The summed E-state index contributed by atoms with van der Waals surface area (Å²) in [4.78, 5) is 21.3. The average molecular weight is 331 g/mol. The monoisotopic (exact) mass is 330 g/mol. The van der Waals surface area contributed by atoms with Crippen molar-refractivity contribution in [1.82, 2.24) is 9.88 Å². The summed E-state index contributed by atoms with van der Waals surface area (Å²) in [5.41, 5.74) is 5.95. The van der Waals surface area contributed by atoms with E-state index in [9.17, 15) is 4.79 Å². The van der Waals surface area contributed by atoms with E-state index in [1.54, 1.807) is 16.7 Å². The lowest BCUT2D eigenvalue weighted by molar-refractivity contribution is 0.0749. The van der Waals surface area contributed by atoms with Gasteiger partial charge in [-0.15, -0.1) is 0 Å². The van der Waals surface area contributed by atoms with Gasteiger partial charge >= 0.3 is 0 Å². The number of hydrogen-bond acceptors (Lipinski definition) is 6. The summed E-state index contributed by atoms with van der Waals surface area (Å²) in [5.74, 6) is 1.25. The molecule has 5 nitrogen and oxygen atoms in total. The Hall–Kier alpha value is -0.950. The molecule has 0 aromatic carbocycles. The van der Waals surface area contributed by atoms with Crippen LogP contribution in [0.2, 0.25) is 0 Å². The quantitative estimate of drug-likeness (QED) is 0.794. The molecule has 1 unspecified atom stereocenters. The van der Waals surface area contributed by atoms with Crippen LogP contribution in [0.15, 0.2) is 0 Å². The second-order valence-electron chi connectivity index (χ2n) is 5.07. The summed E-state index contributed by atoms with van der Waals surface area (Å²) in [6, 6.07) is 0.228. The van der Waals surface area contributed by atoms with Gasteiger partial charge in [-0.05, 0) is 19.1 Å². The van der Waals surface area contributed by atoms with E-state index in [-0.39, 0.29) is 11.9 Å². The highest BCUT2D eigenvalue weighted by atomic mass is 32.2. The van der Waals surface area contributed by atoms with Crippen LogP contribution in [0.4, 0.5) is 10.9 Å². The molecule has 1 heterocycles. The molecule has 0 bridgehead atoms. The Labute approximate surface area is 135 Å². The second-order valence-corrected chi connectivity index (χ2v) is 6.95. The molecule has 0 aliphatic carbocycles. The third-order valence-electron chi connectivity index (χ3n) is 3.42. The van der Waals surface area contributed by atoms with Crippen LogP contribution in [-0.2, 0) is 0 Å². The molecular weight excluding hydrogens is 304 g/mol. The minimum absolute atomic E-state index is 0.0259. The van der Waals surface area contributed by atoms with Crippen molar-refractivity contribution < 1.29 is 4.79 Å². The third-order valence-corrected chi connectivity index (χ3v) is 5.31. The van der Waals surface area contributed by atoms with Gasteiger partial charge in [-0.25, -0.2) is 4.98 Å². The van der Waals surface area contributed by atoms with Crippen LogP contribution in [0.1, 0.15) is 36.4 Å². The number of carbonyl (C=O) groups excluding carboxylic acids is 1. The fourth-order valence-electron chi connectivity index (χ4n) is 2.09. The Kier molecular flexibility index (Phi) is 7.31. The van der Waals surface area contributed by atoms with Gasteiger partial charge in [0.05, 0.1) is 0 Å². The van der Waals surface area contributed by atoms with Gasteiger partial charge in [0.15, 0.2) is 5.13 Å². The maximum Gasteiger partial charge on any atom is 0.267 e. The Morgan fingerprint density at radius 1 is 1.43 bits per heavy atom. The van der Waals surface area contributed by atoms with Gasteiger partial charge in [0.1, 0.15) is 10.7 Å². The summed E-state index contributed by atoms with van der Waals surface area (Å²) < 4.78 is 0. The number of hydrogen-bond donors (Lipinski definition) is 1. The van der Waals surface area contributed by atoms with Crippen molar-refractivity contribution in [1.29, 1.82) is 0 Å². The molecule has 1 aromatic rings. The fraction of sp³-hybridized carbons (Fsp3) is 0.714. The highest BCUT2D eigenvalue weighted by molar-refractivity contribution is 7.98.